The number of para-hydroxylation sites is 1. The summed E-state index contributed by atoms with van der Waals surface area (Å²) in [4.78, 5) is 46.1. The number of amides is 2. The van der Waals surface area contributed by atoms with E-state index in [1.807, 2.05) is 56.3 Å². The average molecular weight is 595 g/mol. The summed E-state index contributed by atoms with van der Waals surface area (Å²) in [6.07, 6.45) is 3.38. The molecule has 6 atom stereocenters. The maximum absolute atomic E-state index is 14.9. The van der Waals surface area contributed by atoms with Gasteiger partial charge in [0.25, 0.3) is 5.91 Å². The number of rotatable bonds is 11. The monoisotopic (exact) mass is 594 g/mol. The van der Waals surface area contributed by atoms with Crippen LogP contribution in [0.5, 0.6) is 0 Å². The minimum absolute atomic E-state index is 0.144. The van der Waals surface area contributed by atoms with Crippen LogP contribution in [0.15, 0.2) is 61.2 Å². The lowest BCUT2D eigenvalue weighted by molar-refractivity contribution is -0.161. The molecule has 1 N–H and O–H groups in total. The van der Waals surface area contributed by atoms with E-state index in [-0.39, 0.29) is 31.6 Å². The van der Waals surface area contributed by atoms with Crippen LogP contribution in [0, 0.1) is 18.8 Å². The lowest BCUT2D eigenvalue weighted by Gasteiger charge is -2.40. The van der Waals surface area contributed by atoms with Crippen LogP contribution in [0.1, 0.15) is 44.2 Å². The zero-order chi connectivity index (χ0) is 30.2. The third kappa shape index (κ3) is 4.64. The largest absolute Gasteiger partial charge is 0.466 e. The van der Waals surface area contributed by atoms with Gasteiger partial charge in [-0.1, -0.05) is 67.1 Å². The van der Waals surface area contributed by atoms with Crippen molar-refractivity contribution in [1.82, 2.24) is 4.90 Å². The highest BCUT2D eigenvalue weighted by molar-refractivity contribution is 6.34. The van der Waals surface area contributed by atoms with E-state index in [1.165, 1.54) is 4.90 Å². The van der Waals surface area contributed by atoms with E-state index >= 15 is 0 Å². The molecule has 0 saturated carbocycles. The molecule has 2 aromatic carbocycles. The number of aryl methyl sites for hydroxylation is 1. The van der Waals surface area contributed by atoms with Gasteiger partial charge in [-0.3, -0.25) is 14.4 Å². The predicted molar refractivity (Wildman–Crippen MR) is 160 cm³/mol. The quantitative estimate of drug-likeness (QED) is 0.304. The molecular weight excluding hydrogens is 556 g/mol. The fraction of sp³-hybridized carbons (Fsp3) is 0.485. The molecule has 9 heteroatoms. The highest BCUT2D eigenvalue weighted by Gasteiger charge is 2.79. The maximum Gasteiger partial charge on any atom is 0.312 e. The smallest absolute Gasteiger partial charge is 0.312 e. The van der Waals surface area contributed by atoms with Crippen molar-refractivity contribution in [2.45, 2.75) is 69.7 Å². The van der Waals surface area contributed by atoms with Gasteiger partial charge >= 0.3 is 5.97 Å². The van der Waals surface area contributed by atoms with E-state index in [0.29, 0.717) is 36.4 Å². The number of likely N-dealkylation sites (tertiary alicyclic amines) is 1. The van der Waals surface area contributed by atoms with Crippen LogP contribution >= 0.6 is 11.6 Å². The number of anilines is 1. The highest BCUT2D eigenvalue weighted by Crippen LogP contribution is 2.65. The second kappa shape index (κ2) is 11.8. The first-order chi connectivity index (χ1) is 20.2. The van der Waals surface area contributed by atoms with Gasteiger partial charge < -0.3 is 24.4 Å². The Morgan fingerprint density at radius 2 is 1.95 bits per heavy atom. The number of carbonyl (C=O) groups is 3. The molecule has 3 fully saturated rings. The molecule has 2 aromatic rings. The minimum Gasteiger partial charge on any atom is -0.466 e. The Labute approximate surface area is 252 Å². The molecule has 0 aromatic heterocycles. The van der Waals surface area contributed by atoms with E-state index < -0.39 is 41.1 Å². The van der Waals surface area contributed by atoms with Crippen LogP contribution < -0.4 is 4.90 Å². The van der Waals surface area contributed by atoms with Crippen molar-refractivity contribution < 1.29 is 29.0 Å². The number of fused-ring (bicyclic) bond motifs is 1. The number of hydrogen-bond donors (Lipinski definition) is 1. The standard InChI is InChI=1S/C33H39ClN2O6/c1-5-18-35(27-21(4)12-11-15-24(27)34)30(39)28-33-17-16-32(6-2,42-33)26(31(40)41-7-3)25(33)29(38)36(28)23(20-37)19-22-13-9-8-10-14-22/h5,8-15,23,25-26,28,37H,1,6-7,16-20H2,2-4H3/t23-,25+,26+,28?,32-,33?/m1/s1. The molecule has 3 saturated heterocycles. The first-order valence-electron chi connectivity index (χ1n) is 14.7. The van der Waals surface area contributed by atoms with E-state index in [1.54, 1.807) is 24.0 Å². The molecule has 2 unspecified atom stereocenters. The number of nitrogens with zero attached hydrogens (tertiary/aromatic N) is 2. The minimum atomic E-state index is -1.26. The zero-order valence-corrected chi connectivity index (χ0v) is 25.2. The molecule has 1 spiro atoms. The second-order valence-electron chi connectivity index (χ2n) is 11.5. The molecular formula is C33H39ClN2O6. The zero-order valence-electron chi connectivity index (χ0n) is 24.4. The molecule has 224 valence electrons. The fourth-order valence-corrected chi connectivity index (χ4v) is 7.91. The van der Waals surface area contributed by atoms with Crippen molar-refractivity contribution in [3.8, 4) is 0 Å². The normalized spacial score (nSPS) is 28.5. The lowest BCUT2D eigenvalue weighted by Crippen LogP contribution is -2.59. The Balaban J connectivity index is 1.67. The molecule has 0 radical (unpaired) electrons. The van der Waals surface area contributed by atoms with Crippen LogP contribution in [0.3, 0.4) is 0 Å². The molecule has 2 amide bonds. The summed E-state index contributed by atoms with van der Waals surface area (Å²) in [5.41, 5.74) is 0.0540. The summed E-state index contributed by atoms with van der Waals surface area (Å²) in [5, 5.41) is 11.1. The van der Waals surface area contributed by atoms with Gasteiger partial charge in [0.2, 0.25) is 5.91 Å². The Bertz CT molecular complexity index is 1350. The molecule has 2 bridgehead atoms. The molecule has 3 aliphatic rings. The van der Waals surface area contributed by atoms with E-state index in [0.717, 1.165) is 11.1 Å². The van der Waals surface area contributed by atoms with Gasteiger partial charge in [0.1, 0.15) is 17.6 Å². The number of aliphatic hydroxyl groups is 1. The van der Waals surface area contributed by atoms with Crippen molar-refractivity contribution in [1.29, 1.82) is 0 Å². The van der Waals surface area contributed by atoms with Gasteiger partial charge in [0.15, 0.2) is 0 Å². The van der Waals surface area contributed by atoms with Gasteiger partial charge in [-0.15, -0.1) is 6.58 Å². The summed E-state index contributed by atoms with van der Waals surface area (Å²) in [6, 6.07) is 13.1. The SMILES string of the molecule is C=CCN(C(=O)C1N([C@@H](CO)Cc2ccccc2)C(=O)[C@@H]2[C@@H](C(=O)OCC)[C@@]3(CC)CCC12O3)c1c(C)cccc1Cl. The molecule has 8 nitrogen and oxygen atoms in total. The summed E-state index contributed by atoms with van der Waals surface area (Å²) in [7, 11) is 0. The van der Waals surface area contributed by atoms with Gasteiger partial charge in [-0.2, -0.15) is 0 Å². The molecule has 0 aliphatic carbocycles. The van der Waals surface area contributed by atoms with Gasteiger partial charge in [-0.05, 0) is 56.7 Å². The first-order valence-corrected chi connectivity index (χ1v) is 15.1. The van der Waals surface area contributed by atoms with Crippen LogP contribution in [-0.2, 0) is 30.3 Å². The predicted octanol–water partition coefficient (Wildman–Crippen LogP) is 4.49. The number of aliphatic hydroxyl groups excluding tert-OH is 1. The number of benzene rings is 2. The number of halogens is 1. The number of ether oxygens (including phenoxy) is 2. The van der Waals surface area contributed by atoms with Crippen LogP contribution in [0.25, 0.3) is 0 Å². The van der Waals surface area contributed by atoms with Crippen molar-refractivity contribution in [3.63, 3.8) is 0 Å². The maximum atomic E-state index is 14.9. The summed E-state index contributed by atoms with van der Waals surface area (Å²) < 4.78 is 12.3. The van der Waals surface area contributed by atoms with Crippen LogP contribution in [0.2, 0.25) is 5.02 Å². The third-order valence-electron chi connectivity index (χ3n) is 9.35. The lowest BCUT2D eigenvalue weighted by atomic mass is 9.65. The first kappa shape index (κ1) is 30.3. The number of carbonyl (C=O) groups excluding carboxylic acids is 3. The fourth-order valence-electron chi connectivity index (χ4n) is 7.59. The van der Waals surface area contributed by atoms with Crippen molar-refractivity contribution in [2.75, 3.05) is 24.7 Å². The summed E-state index contributed by atoms with van der Waals surface area (Å²) >= 11 is 6.66. The van der Waals surface area contributed by atoms with Crippen molar-refractivity contribution in [3.05, 3.63) is 77.3 Å². The van der Waals surface area contributed by atoms with Gasteiger partial charge in [0, 0.05) is 6.54 Å². The summed E-state index contributed by atoms with van der Waals surface area (Å²) in [5.74, 6) is -3.01. The van der Waals surface area contributed by atoms with Crippen LogP contribution in [0.4, 0.5) is 5.69 Å². The Morgan fingerprint density at radius 1 is 1.21 bits per heavy atom. The van der Waals surface area contributed by atoms with Crippen LogP contribution in [-0.4, -0.2) is 70.8 Å². The van der Waals surface area contributed by atoms with E-state index in [4.69, 9.17) is 21.1 Å². The van der Waals surface area contributed by atoms with Crippen molar-refractivity contribution >= 4 is 35.1 Å². The molecule has 3 aliphatic heterocycles. The Morgan fingerprint density at radius 3 is 2.57 bits per heavy atom. The second-order valence-corrected chi connectivity index (χ2v) is 11.9. The third-order valence-corrected chi connectivity index (χ3v) is 9.65. The Kier molecular flexibility index (Phi) is 8.52. The number of hydrogen-bond acceptors (Lipinski definition) is 6. The van der Waals surface area contributed by atoms with E-state index in [9.17, 15) is 19.5 Å². The van der Waals surface area contributed by atoms with E-state index in [2.05, 4.69) is 6.58 Å². The Hall–Kier alpha value is -3.20. The topological polar surface area (TPSA) is 96.4 Å². The van der Waals surface area contributed by atoms with Crippen molar-refractivity contribution in [2.24, 2.45) is 11.8 Å². The number of esters is 1. The molecule has 42 heavy (non-hydrogen) atoms. The highest BCUT2D eigenvalue weighted by atomic mass is 35.5. The average Bonchev–Trinajstić information content (AvgIpc) is 3.59. The van der Waals surface area contributed by atoms with Gasteiger partial charge in [0.05, 0.1) is 41.5 Å². The van der Waals surface area contributed by atoms with Gasteiger partial charge in [-0.25, -0.2) is 0 Å². The molecule has 3 heterocycles. The molecule has 5 rings (SSSR count). The summed E-state index contributed by atoms with van der Waals surface area (Å²) in [6.45, 7) is 9.36.